The van der Waals surface area contributed by atoms with E-state index in [1.807, 2.05) is 7.11 Å². The summed E-state index contributed by atoms with van der Waals surface area (Å²) < 4.78 is 5.51. The first-order valence-corrected chi connectivity index (χ1v) is 11.3. The Bertz CT molecular complexity index is 873. The summed E-state index contributed by atoms with van der Waals surface area (Å²) >= 11 is 0. The Hall–Kier alpha value is -2.13. The van der Waals surface area contributed by atoms with Crippen molar-refractivity contribution < 1.29 is 4.74 Å². The van der Waals surface area contributed by atoms with E-state index in [4.69, 9.17) is 9.84 Å². The molecule has 0 spiro atoms. The zero-order chi connectivity index (χ0) is 19.6. The van der Waals surface area contributed by atoms with Crippen LogP contribution in [0.25, 0.3) is 0 Å². The van der Waals surface area contributed by atoms with Crippen LogP contribution in [0.4, 0.5) is 0 Å². The maximum atomic E-state index is 5.51. The van der Waals surface area contributed by atoms with Crippen LogP contribution in [0.3, 0.4) is 0 Å². The molecular formula is C26H32N2O. The topological polar surface area (TPSA) is 24.8 Å². The van der Waals surface area contributed by atoms with Gasteiger partial charge in [-0.1, -0.05) is 42.8 Å². The number of hydrazone groups is 1. The third-order valence-corrected chi connectivity index (χ3v) is 7.22. The van der Waals surface area contributed by atoms with E-state index in [0.717, 1.165) is 38.2 Å². The number of rotatable bonds is 4. The molecule has 0 unspecified atom stereocenters. The highest BCUT2D eigenvalue weighted by molar-refractivity contribution is 5.82. The van der Waals surface area contributed by atoms with Crippen molar-refractivity contribution in [1.29, 1.82) is 0 Å². The van der Waals surface area contributed by atoms with E-state index in [1.165, 1.54) is 53.5 Å². The van der Waals surface area contributed by atoms with E-state index in [1.54, 1.807) is 0 Å². The van der Waals surface area contributed by atoms with E-state index < -0.39 is 0 Å². The first kappa shape index (κ1) is 18.9. The van der Waals surface area contributed by atoms with Crippen LogP contribution < -0.4 is 0 Å². The molecule has 4 bridgehead atoms. The standard InChI is InChI=1S/C26H32N2O/c1-29-18-25-16-23-3-2-4-26(23)28(25)27-17-24-15-21-10-9-19-5-7-20(8-6-19)11-13-22(24)14-12-21/h5-8,12,14-15,17,23,25-26H,2-4,9-11,13,16,18H2,1H3/b27-17+/t23-,25-,26-/m0/s1. The van der Waals surface area contributed by atoms with E-state index >= 15 is 0 Å². The highest BCUT2D eigenvalue weighted by Gasteiger charge is 2.43. The molecule has 1 heterocycles. The Balaban J connectivity index is 1.41. The summed E-state index contributed by atoms with van der Waals surface area (Å²) in [6.07, 6.45) is 11.7. The number of hydrogen-bond donors (Lipinski definition) is 0. The second kappa shape index (κ2) is 8.31. The monoisotopic (exact) mass is 388 g/mol. The van der Waals surface area contributed by atoms with Gasteiger partial charge in [0.15, 0.2) is 0 Å². The highest BCUT2D eigenvalue weighted by atomic mass is 16.5. The van der Waals surface area contributed by atoms with Gasteiger partial charge in [0.1, 0.15) is 0 Å². The first-order chi connectivity index (χ1) is 14.3. The van der Waals surface area contributed by atoms with Gasteiger partial charge >= 0.3 is 0 Å². The van der Waals surface area contributed by atoms with E-state index in [9.17, 15) is 0 Å². The number of ether oxygens (including phenoxy) is 1. The van der Waals surface area contributed by atoms with Crippen LogP contribution in [0.5, 0.6) is 0 Å². The van der Waals surface area contributed by atoms with Crippen LogP contribution in [0.15, 0.2) is 47.6 Å². The number of methoxy groups -OCH3 is 1. The fraction of sp³-hybridized carbons (Fsp3) is 0.500. The molecule has 3 heteroatoms. The summed E-state index contributed by atoms with van der Waals surface area (Å²) in [5, 5.41) is 7.46. The Morgan fingerprint density at radius 3 is 2.48 bits per heavy atom. The maximum absolute atomic E-state index is 5.51. The molecule has 152 valence electrons. The molecule has 1 aliphatic heterocycles. The lowest BCUT2D eigenvalue weighted by molar-refractivity contribution is 0.0983. The Morgan fingerprint density at radius 2 is 1.69 bits per heavy atom. The van der Waals surface area contributed by atoms with Crippen LogP contribution >= 0.6 is 0 Å². The third kappa shape index (κ3) is 3.98. The van der Waals surface area contributed by atoms with Gasteiger partial charge in [0.25, 0.3) is 0 Å². The Morgan fingerprint density at radius 1 is 0.966 bits per heavy atom. The summed E-state index contributed by atoms with van der Waals surface area (Å²) in [5.74, 6) is 0.804. The summed E-state index contributed by atoms with van der Waals surface area (Å²) in [6.45, 7) is 0.785. The molecule has 1 saturated heterocycles. The second-order valence-corrected chi connectivity index (χ2v) is 9.08. The molecule has 5 aliphatic carbocycles. The van der Waals surface area contributed by atoms with Gasteiger partial charge in [0.2, 0.25) is 0 Å². The van der Waals surface area contributed by atoms with Gasteiger partial charge in [-0.2, -0.15) is 5.10 Å². The van der Waals surface area contributed by atoms with Crippen molar-refractivity contribution in [2.45, 2.75) is 63.5 Å². The molecule has 2 aromatic rings. The lowest BCUT2D eigenvalue weighted by Gasteiger charge is -2.26. The van der Waals surface area contributed by atoms with E-state index in [0.29, 0.717) is 12.1 Å². The molecule has 8 rings (SSSR count). The van der Waals surface area contributed by atoms with Gasteiger partial charge in [-0.3, -0.25) is 5.01 Å². The summed E-state index contributed by atoms with van der Waals surface area (Å²) in [5.41, 5.74) is 6.98. The van der Waals surface area contributed by atoms with Crippen molar-refractivity contribution in [3.63, 3.8) is 0 Å². The van der Waals surface area contributed by atoms with Crippen molar-refractivity contribution in [2.75, 3.05) is 13.7 Å². The quantitative estimate of drug-likeness (QED) is 0.703. The zero-order valence-corrected chi connectivity index (χ0v) is 17.5. The number of nitrogens with zero attached hydrogens (tertiary/aromatic N) is 2. The van der Waals surface area contributed by atoms with Gasteiger partial charge in [-0.25, -0.2) is 0 Å². The Kier molecular flexibility index (Phi) is 5.41. The zero-order valence-electron chi connectivity index (χ0n) is 17.5. The van der Waals surface area contributed by atoms with Crippen LogP contribution in [0, 0.1) is 5.92 Å². The summed E-state index contributed by atoms with van der Waals surface area (Å²) in [4.78, 5) is 0. The molecular weight excluding hydrogens is 356 g/mol. The predicted molar refractivity (Wildman–Crippen MR) is 119 cm³/mol. The lowest BCUT2D eigenvalue weighted by Crippen LogP contribution is -2.34. The van der Waals surface area contributed by atoms with Crippen LogP contribution in [0.1, 0.15) is 53.5 Å². The van der Waals surface area contributed by atoms with Crippen molar-refractivity contribution in [2.24, 2.45) is 11.0 Å². The minimum Gasteiger partial charge on any atom is -0.382 e. The fourth-order valence-electron chi connectivity index (χ4n) is 5.60. The molecule has 3 atom stereocenters. The van der Waals surface area contributed by atoms with Gasteiger partial charge in [0.05, 0.1) is 24.9 Å². The highest BCUT2D eigenvalue weighted by Crippen LogP contribution is 2.41. The summed E-state index contributed by atoms with van der Waals surface area (Å²) in [7, 11) is 1.81. The average molecular weight is 389 g/mol. The number of aryl methyl sites for hydroxylation is 4. The lowest BCUT2D eigenvalue weighted by atomic mass is 9.94. The van der Waals surface area contributed by atoms with Crippen LogP contribution in [-0.4, -0.2) is 37.0 Å². The van der Waals surface area contributed by atoms with Gasteiger partial charge in [0, 0.05) is 7.11 Å². The van der Waals surface area contributed by atoms with Gasteiger partial charge < -0.3 is 4.74 Å². The molecule has 29 heavy (non-hydrogen) atoms. The molecule has 2 aromatic carbocycles. The van der Waals surface area contributed by atoms with Crippen LogP contribution in [0.2, 0.25) is 0 Å². The SMILES string of the molecule is COC[C@@H]1C[C@@H]2CCC[C@@H]2N1/N=C/c1cc2ccc1CCc1ccc(cc1)CC2. The molecule has 6 aliphatic rings. The molecule has 0 amide bonds. The minimum absolute atomic E-state index is 0.432. The smallest absolute Gasteiger partial charge is 0.0710 e. The second-order valence-electron chi connectivity index (χ2n) is 9.08. The van der Waals surface area contributed by atoms with Crippen LogP contribution in [-0.2, 0) is 30.4 Å². The molecule has 0 N–H and O–H groups in total. The number of fused-ring (bicyclic) bond motifs is 1. The Labute approximate surface area is 174 Å². The molecule has 0 radical (unpaired) electrons. The molecule has 2 fully saturated rings. The van der Waals surface area contributed by atoms with Crippen molar-refractivity contribution in [3.05, 3.63) is 70.3 Å². The number of hydrogen-bond acceptors (Lipinski definition) is 3. The largest absolute Gasteiger partial charge is 0.382 e. The average Bonchev–Trinajstić information content (AvgIpc) is 3.31. The van der Waals surface area contributed by atoms with Gasteiger partial charge in [-0.05, 0) is 84.7 Å². The predicted octanol–water partition coefficient (Wildman–Crippen LogP) is 4.79. The van der Waals surface area contributed by atoms with Crippen molar-refractivity contribution in [3.8, 4) is 0 Å². The fourth-order valence-corrected chi connectivity index (χ4v) is 5.60. The van der Waals surface area contributed by atoms with Gasteiger partial charge in [-0.15, -0.1) is 0 Å². The maximum Gasteiger partial charge on any atom is 0.0710 e. The summed E-state index contributed by atoms with van der Waals surface area (Å²) in [6, 6.07) is 17.3. The minimum atomic E-state index is 0.432. The normalized spacial score (nSPS) is 26.1. The third-order valence-electron chi connectivity index (χ3n) is 7.22. The number of benzene rings is 2. The van der Waals surface area contributed by atoms with Crippen molar-refractivity contribution in [1.82, 2.24) is 5.01 Å². The van der Waals surface area contributed by atoms with E-state index in [-0.39, 0.29) is 0 Å². The first-order valence-electron chi connectivity index (χ1n) is 11.3. The molecule has 3 nitrogen and oxygen atoms in total. The molecule has 1 saturated carbocycles. The van der Waals surface area contributed by atoms with E-state index in [2.05, 4.69) is 53.7 Å². The van der Waals surface area contributed by atoms with Crippen molar-refractivity contribution >= 4 is 6.21 Å². The molecule has 0 aromatic heterocycles.